The van der Waals surface area contributed by atoms with Crippen LogP contribution in [0.1, 0.15) is 38.3 Å². The molecule has 1 heterocycles. The summed E-state index contributed by atoms with van der Waals surface area (Å²) in [7, 11) is 0. The molecule has 49 heavy (non-hydrogen) atoms. The minimum Gasteiger partial charge on any atom is -0.370 e. The zero-order chi connectivity index (χ0) is 35.7. The number of rotatable bonds is 12. The number of benzene rings is 3. The van der Waals surface area contributed by atoms with Crippen LogP contribution in [-0.4, -0.2) is 45.5 Å². The number of carbonyl (C=O) groups excluding carboxylic acids is 5. The normalized spacial score (nSPS) is 11.4. The van der Waals surface area contributed by atoms with E-state index in [-0.39, 0.29) is 28.5 Å². The molecule has 13 nitrogen and oxygen atoms in total. The molecule has 0 aliphatic carbocycles. The molecule has 7 N–H and O–H groups in total. The van der Waals surface area contributed by atoms with Crippen LogP contribution in [0.15, 0.2) is 91.8 Å². The van der Waals surface area contributed by atoms with Gasteiger partial charge in [-0.2, -0.15) is 13.2 Å². The minimum absolute atomic E-state index is 0.141. The van der Waals surface area contributed by atoms with Gasteiger partial charge < -0.3 is 32.3 Å². The van der Waals surface area contributed by atoms with Crippen molar-refractivity contribution in [1.82, 2.24) is 15.3 Å². The van der Waals surface area contributed by atoms with Gasteiger partial charge in [0, 0.05) is 28.2 Å². The maximum Gasteiger partial charge on any atom is 0.416 e. The molecular formula is C33H29F3N8O5. The van der Waals surface area contributed by atoms with E-state index in [2.05, 4.69) is 43.1 Å². The van der Waals surface area contributed by atoms with E-state index in [0.29, 0.717) is 16.9 Å². The average molecular weight is 675 g/mol. The lowest BCUT2D eigenvalue weighted by Gasteiger charge is -2.16. The van der Waals surface area contributed by atoms with Crippen molar-refractivity contribution in [2.45, 2.75) is 25.6 Å². The fraction of sp³-hybridized carbons (Fsp3) is 0.121. The van der Waals surface area contributed by atoms with Crippen LogP contribution >= 0.6 is 0 Å². The van der Waals surface area contributed by atoms with Gasteiger partial charge in [0.25, 0.3) is 11.8 Å². The van der Waals surface area contributed by atoms with Gasteiger partial charge in [-0.1, -0.05) is 24.8 Å². The van der Waals surface area contributed by atoms with Crippen LogP contribution in [0.2, 0.25) is 0 Å². The first-order valence-corrected chi connectivity index (χ1v) is 14.3. The third kappa shape index (κ3) is 9.95. The summed E-state index contributed by atoms with van der Waals surface area (Å²) >= 11 is 0. The quantitative estimate of drug-likeness (QED) is 0.118. The zero-order valence-electron chi connectivity index (χ0n) is 25.7. The number of aryl methyl sites for hydroxylation is 1. The molecule has 0 aliphatic rings. The van der Waals surface area contributed by atoms with E-state index >= 15 is 0 Å². The number of carbonyl (C=O) groups is 5. The van der Waals surface area contributed by atoms with Crippen molar-refractivity contribution < 1.29 is 37.1 Å². The van der Waals surface area contributed by atoms with E-state index in [4.69, 9.17) is 5.73 Å². The fourth-order valence-corrected chi connectivity index (χ4v) is 4.31. The van der Waals surface area contributed by atoms with Crippen molar-refractivity contribution in [2.24, 2.45) is 5.73 Å². The van der Waals surface area contributed by atoms with Gasteiger partial charge in [0.05, 0.1) is 30.1 Å². The molecule has 0 radical (unpaired) electrons. The SMILES string of the molecule is C=CC(=O)N[C@@H](CC(N)=O)C(=O)Nc1cccc(Nc2ncc(NC(=O)c3cc(NC(=O)c4cccc(C(F)(F)F)c4)ccc3C)cn2)c1. The number of nitrogens with zero attached hydrogens (tertiary/aromatic N) is 2. The lowest BCUT2D eigenvalue weighted by molar-refractivity contribution is -0.137. The Kier molecular flexibility index (Phi) is 11.0. The van der Waals surface area contributed by atoms with Crippen molar-refractivity contribution in [2.75, 3.05) is 21.3 Å². The lowest BCUT2D eigenvalue weighted by Crippen LogP contribution is -2.45. The highest BCUT2D eigenvalue weighted by atomic mass is 19.4. The van der Waals surface area contributed by atoms with Gasteiger partial charge in [-0.15, -0.1) is 0 Å². The topological polar surface area (TPSA) is 197 Å². The summed E-state index contributed by atoms with van der Waals surface area (Å²) in [5.74, 6) is -3.32. The standard InChI is InChI=1S/C33H29F3N8O5/c1-3-28(46)44-26(15-27(37)45)31(49)41-21-8-5-9-22(13-21)43-32-38-16-24(17-39-32)42-30(48)25-14-23(11-10-18(25)2)40-29(47)19-6-4-7-20(12-19)33(34,35)36/h3-14,16-17,26H,1,15H2,2H3,(H2,37,45)(H,40,47)(H,41,49)(H,42,48)(H,44,46)(H,38,39,43)/t26-/m0/s1. The number of nitrogens with one attached hydrogen (secondary N) is 5. The van der Waals surface area contributed by atoms with Crippen molar-refractivity contribution in [3.63, 3.8) is 0 Å². The molecule has 4 rings (SSSR count). The third-order valence-corrected chi connectivity index (χ3v) is 6.71. The van der Waals surface area contributed by atoms with Gasteiger partial charge in [-0.05, 0) is 67.1 Å². The first-order chi connectivity index (χ1) is 23.2. The molecule has 4 aromatic rings. The third-order valence-electron chi connectivity index (χ3n) is 6.71. The highest BCUT2D eigenvalue weighted by Crippen LogP contribution is 2.30. The molecule has 16 heteroatoms. The van der Waals surface area contributed by atoms with Gasteiger partial charge in [-0.25, -0.2) is 9.97 Å². The maximum absolute atomic E-state index is 13.1. The summed E-state index contributed by atoms with van der Waals surface area (Å²) in [5, 5.41) is 13.0. The minimum atomic E-state index is -4.61. The smallest absolute Gasteiger partial charge is 0.370 e. The molecule has 1 aromatic heterocycles. The van der Waals surface area contributed by atoms with Crippen molar-refractivity contribution >= 4 is 58.2 Å². The fourth-order valence-electron chi connectivity index (χ4n) is 4.31. The van der Waals surface area contributed by atoms with E-state index in [0.717, 1.165) is 24.3 Å². The Balaban J connectivity index is 1.38. The molecule has 252 valence electrons. The molecule has 0 saturated carbocycles. The Morgan fingerprint density at radius 2 is 1.49 bits per heavy atom. The molecule has 0 saturated heterocycles. The molecule has 0 unspecified atom stereocenters. The van der Waals surface area contributed by atoms with E-state index in [1.165, 1.54) is 30.6 Å². The number of aromatic nitrogens is 2. The van der Waals surface area contributed by atoms with Crippen LogP contribution in [0.3, 0.4) is 0 Å². The van der Waals surface area contributed by atoms with Gasteiger partial charge >= 0.3 is 6.18 Å². The maximum atomic E-state index is 13.1. The summed E-state index contributed by atoms with van der Waals surface area (Å²) in [6, 6.07) is 13.6. The Hall–Kier alpha value is -6.58. The summed E-state index contributed by atoms with van der Waals surface area (Å²) in [6.07, 6.45) is -1.40. The Morgan fingerprint density at radius 3 is 2.16 bits per heavy atom. The summed E-state index contributed by atoms with van der Waals surface area (Å²) < 4.78 is 39.2. The average Bonchev–Trinajstić information content (AvgIpc) is 3.05. The molecule has 3 aromatic carbocycles. The second kappa shape index (κ2) is 15.3. The highest BCUT2D eigenvalue weighted by molar-refractivity contribution is 6.08. The van der Waals surface area contributed by atoms with Gasteiger partial charge in [0.15, 0.2) is 0 Å². The predicted molar refractivity (Wildman–Crippen MR) is 175 cm³/mol. The first-order valence-electron chi connectivity index (χ1n) is 14.3. The van der Waals surface area contributed by atoms with E-state index < -0.39 is 53.7 Å². The summed E-state index contributed by atoms with van der Waals surface area (Å²) in [6.45, 7) is 4.98. The number of hydrogen-bond donors (Lipinski definition) is 6. The monoisotopic (exact) mass is 674 g/mol. The van der Waals surface area contributed by atoms with E-state index in [1.807, 2.05) is 0 Å². The van der Waals surface area contributed by atoms with Crippen molar-refractivity contribution in [3.8, 4) is 0 Å². The Morgan fingerprint density at radius 1 is 0.837 bits per heavy atom. The van der Waals surface area contributed by atoms with Gasteiger partial charge in [0.2, 0.25) is 23.7 Å². The number of primary amides is 1. The Labute approximate surface area is 277 Å². The molecule has 0 spiro atoms. The second-order valence-electron chi connectivity index (χ2n) is 10.4. The van der Waals surface area contributed by atoms with Gasteiger partial charge in [0.1, 0.15) is 6.04 Å². The number of amides is 5. The van der Waals surface area contributed by atoms with Crippen LogP contribution in [0.25, 0.3) is 0 Å². The number of anilines is 5. The first kappa shape index (κ1) is 35.3. The Bertz CT molecular complexity index is 1920. The number of alkyl halides is 3. The predicted octanol–water partition coefficient (Wildman–Crippen LogP) is 4.54. The van der Waals surface area contributed by atoms with Crippen LogP contribution in [0, 0.1) is 6.92 Å². The zero-order valence-corrected chi connectivity index (χ0v) is 25.7. The molecular weight excluding hydrogens is 645 g/mol. The number of hydrogen-bond acceptors (Lipinski definition) is 8. The second-order valence-corrected chi connectivity index (χ2v) is 10.4. The molecule has 0 bridgehead atoms. The van der Waals surface area contributed by atoms with Crippen LogP contribution in [0.4, 0.5) is 41.9 Å². The van der Waals surface area contributed by atoms with Crippen LogP contribution in [-0.2, 0) is 20.6 Å². The molecule has 5 amide bonds. The van der Waals surface area contributed by atoms with E-state index in [9.17, 15) is 37.1 Å². The van der Waals surface area contributed by atoms with Crippen molar-refractivity contribution in [3.05, 3.63) is 114 Å². The number of halogens is 3. The molecule has 0 aliphatic heterocycles. The van der Waals surface area contributed by atoms with Crippen LogP contribution < -0.4 is 32.3 Å². The van der Waals surface area contributed by atoms with E-state index in [1.54, 1.807) is 37.3 Å². The highest BCUT2D eigenvalue weighted by Gasteiger charge is 2.31. The number of nitrogens with two attached hydrogens (primary N) is 1. The molecule has 0 fully saturated rings. The summed E-state index contributed by atoms with van der Waals surface area (Å²) in [5.41, 5.74) is 5.99. The van der Waals surface area contributed by atoms with Gasteiger partial charge in [-0.3, -0.25) is 24.0 Å². The summed E-state index contributed by atoms with van der Waals surface area (Å²) in [4.78, 5) is 69.8. The lowest BCUT2D eigenvalue weighted by atomic mass is 10.1. The largest absolute Gasteiger partial charge is 0.416 e. The molecule has 1 atom stereocenters. The van der Waals surface area contributed by atoms with Crippen molar-refractivity contribution in [1.29, 1.82) is 0 Å². The van der Waals surface area contributed by atoms with Crippen LogP contribution in [0.5, 0.6) is 0 Å².